The maximum Gasteiger partial charge on any atom is 0.201 e. The van der Waals surface area contributed by atoms with E-state index in [-0.39, 0.29) is 23.0 Å². The van der Waals surface area contributed by atoms with Gasteiger partial charge in [0, 0.05) is 17.0 Å². The summed E-state index contributed by atoms with van der Waals surface area (Å²) in [5.74, 6) is -2.09. The van der Waals surface area contributed by atoms with Gasteiger partial charge in [0.15, 0.2) is 11.6 Å². The Balaban J connectivity index is 1.37. The van der Waals surface area contributed by atoms with E-state index in [1.54, 1.807) is 30.3 Å². The van der Waals surface area contributed by atoms with Crippen molar-refractivity contribution >= 4 is 0 Å². The molecular weight excluding hydrogens is 497 g/mol. The van der Waals surface area contributed by atoms with E-state index in [2.05, 4.69) is 6.92 Å². The second kappa shape index (κ2) is 14.6. The zero-order valence-corrected chi connectivity index (χ0v) is 23.3. The number of benzene rings is 3. The van der Waals surface area contributed by atoms with E-state index in [4.69, 9.17) is 9.47 Å². The van der Waals surface area contributed by atoms with Crippen molar-refractivity contribution in [1.82, 2.24) is 0 Å². The van der Waals surface area contributed by atoms with Gasteiger partial charge in [-0.05, 0) is 60.6 Å². The van der Waals surface area contributed by atoms with E-state index >= 15 is 4.39 Å². The third-order valence-corrected chi connectivity index (χ3v) is 7.77. The topological polar surface area (TPSA) is 18.5 Å². The molecule has 0 aromatic heterocycles. The first-order valence-corrected chi connectivity index (χ1v) is 14.6. The van der Waals surface area contributed by atoms with Crippen molar-refractivity contribution in [2.75, 3.05) is 13.2 Å². The molecule has 0 bridgehead atoms. The van der Waals surface area contributed by atoms with E-state index in [1.165, 1.54) is 44.2 Å². The normalized spacial score (nSPS) is 17.4. The molecule has 2 nitrogen and oxygen atoms in total. The first-order chi connectivity index (χ1) is 19.0. The number of rotatable bonds is 13. The molecule has 0 spiro atoms. The van der Waals surface area contributed by atoms with Crippen LogP contribution in [0.15, 0.2) is 54.6 Å². The molecule has 0 amide bonds. The van der Waals surface area contributed by atoms with E-state index in [9.17, 15) is 8.78 Å². The fourth-order valence-electron chi connectivity index (χ4n) is 5.31. The Morgan fingerprint density at radius 2 is 1.44 bits per heavy atom. The number of hydrogen-bond donors (Lipinski definition) is 0. The average Bonchev–Trinajstić information content (AvgIpc) is 2.96. The number of hydrogen-bond acceptors (Lipinski definition) is 2. The molecule has 1 saturated heterocycles. The number of ether oxygens (including phenoxy) is 2. The van der Waals surface area contributed by atoms with Gasteiger partial charge in [0.2, 0.25) is 5.82 Å². The Hall–Kier alpha value is -2.79. The van der Waals surface area contributed by atoms with Crippen LogP contribution in [0.3, 0.4) is 0 Å². The van der Waals surface area contributed by atoms with Gasteiger partial charge in [-0.25, -0.2) is 8.78 Å². The highest BCUT2D eigenvalue weighted by Gasteiger charge is 2.23. The summed E-state index contributed by atoms with van der Waals surface area (Å²) in [4.78, 5) is 0. The van der Waals surface area contributed by atoms with Gasteiger partial charge in [-0.1, -0.05) is 88.8 Å². The molecule has 4 rings (SSSR count). The van der Waals surface area contributed by atoms with Crippen molar-refractivity contribution in [2.45, 2.75) is 90.1 Å². The molecule has 39 heavy (non-hydrogen) atoms. The molecule has 2 atom stereocenters. The standard InChI is InChI=1S/C34H41F3O2/c1-3-5-7-8-9-10-28-17-15-27(23-39-28)26-16-18-29(31(35)22-26)24-11-13-25(14-12-24)30-19-20-32(34(37)33(30)36)38-21-6-4-2/h11-14,16,18-20,22,27-28H,3-10,15,17,21,23H2,1-2H3. The maximum atomic E-state index is 15.2. The van der Waals surface area contributed by atoms with E-state index in [1.807, 2.05) is 19.1 Å². The van der Waals surface area contributed by atoms with Crippen molar-refractivity contribution in [2.24, 2.45) is 0 Å². The summed E-state index contributed by atoms with van der Waals surface area (Å²) in [6.45, 7) is 5.22. The van der Waals surface area contributed by atoms with E-state index in [0.29, 0.717) is 36.0 Å². The van der Waals surface area contributed by atoms with Gasteiger partial charge in [-0.2, -0.15) is 4.39 Å². The van der Waals surface area contributed by atoms with Crippen molar-refractivity contribution < 1.29 is 22.6 Å². The third-order valence-electron chi connectivity index (χ3n) is 7.77. The molecule has 1 aliphatic heterocycles. The molecule has 210 valence electrons. The molecule has 0 radical (unpaired) electrons. The smallest absolute Gasteiger partial charge is 0.201 e. The van der Waals surface area contributed by atoms with Crippen LogP contribution in [0.1, 0.15) is 89.5 Å². The molecule has 5 heteroatoms. The van der Waals surface area contributed by atoms with Gasteiger partial charge in [0.25, 0.3) is 0 Å². The molecule has 0 aliphatic carbocycles. The highest BCUT2D eigenvalue weighted by Crippen LogP contribution is 2.35. The largest absolute Gasteiger partial charge is 0.490 e. The Morgan fingerprint density at radius 3 is 2.10 bits per heavy atom. The first-order valence-electron chi connectivity index (χ1n) is 14.6. The van der Waals surface area contributed by atoms with Crippen molar-refractivity contribution in [1.29, 1.82) is 0 Å². The summed E-state index contributed by atoms with van der Waals surface area (Å²) in [6.07, 6.45) is 11.5. The summed E-state index contributed by atoms with van der Waals surface area (Å²) < 4.78 is 56.0. The minimum absolute atomic E-state index is 0.0789. The van der Waals surface area contributed by atoms with Crippen molar-refractivity contribution in [3.63, 3.8) is 0 Å². The predicted molar refractivity (Wildman–Crippen MR) is 153 cm³/mol. The van der Waals surface area contributed by atoms with Crippen LogP contribution in [0.4, 0.5) is 13.2 Å². The van der Waals surface area contributed by atoms with Crippen LogP contribution in [-0.4, -0.2) is 19.3 Å². The molecule has 1 heterocycles. The van der Waals surface area contributed by atoms with Gasteiger partial charge < -0.3 is 9.47 Å². The second-order valence-electron chi connectivity index (χ2n) is 10.7. The van der Waals surface area contributed by atoms with Gasteiger partial charge in [0.05, 0.1) is 19.3 Å². The quantitative estimate of drug-likeness (QED) is 0.202. The van der Waals surface area contributed by atoms with Crippen LogP contribution in [0.2, 0.25) is 0 Å². The minimum atomic E-state index is -0.987. The number of halogens is 3. The molecule has 0 saturated carbocycles. The Kier molecular flexibility index (Phi) is 10.9. The van der Waals surface area contributed by atoms with Gasteiger partial charge in [-0.15, -0.1) is 0 Å². The van der Waals surface area contributed by atoms with Gasteiger partial charge in [-0.3, -0.25) is 0 Å². The van der Waals surface area contributed by atoms with Crippen LogP contribution >= 0.6 is 0 Å². The molecule has 2 unspecified atom stereocenters. The van der Waals surface area contributed by atoms with Crippen LogP contribution in [0, 0.1) is 17.5 Å². The predicted octanol–water partition coefficient (Wildman–Crippen LogP) is 10.2. The summed E-state index contributed by atoms with van der Waals surface area (Å²) in [6, 6.07) is 15.3. The highest BCUT2D eigenvalue weighted by atomic mass is 19.2. The van der Waals surface area contributed by atoms with Gasteiger partial charge >= 0.3 is 0 Å². The lowest BCUT2D eigenvalue weighted by Crippen LogP contribution is -2.24. The van der Waals surface area contributed by atoms with Gasteiger partial charge in [0.1, 0.15) is 5.82 Å². The average molecular weight is 539 g/mol. The highest BCUT2D eigenvalue weighted by molar-refractivity contribution is 5.71. The zero-order valence-electron chi connectivity index (χ0n) is 23.3. The molecule has 3 aromatic rings. The number of unbranched alkanes of at least 4 members (excludes halogenated alkanes) is 5. The molecule has 1 fully saturated rings. The van der Waals surface area contributed by atoms with Crippen LogP contribution < -0.4 is 4.74 Å². The Bertz CT molecular complexity index is 1180. The zero-order chi connectivity index (χ0) is 27.6. The van der Waals surface area contributed by atoms with E-state index in [0.717, 1.165) is 37.7 Å². The summed E-state index contributed by atoms with van der Waals surface area (Å²) >= 11 is 0. The summed E-state index contributed by atoms with van der Waals surface area (Å²) in [5.41, 5.74) is 2.80. The first kappa shape index (κ1) is 29.2. The molecule has 1 aliphatic rings. The minimum Gasteiger partial charge on any atom is -0.490 e. The molecule has 3 aromatic carbocycles. The lowest BCUT2D eigenvalue weighted by atomic mass is 9.89. The van der Waals surface area contributed by atoms with Crippen LogP contribution in [-0.2, 0) is 4.74 Å². The maximum absolute atomic E-state index is 15.2. The van der Waals surface area contributed by atoms with Crippen molar-refractivity contribution in [3.05, 3.63) is 77.6 Å². The van der Waals surface area contributed by atoms with E-state index < -0.39 is 11.6 Å². The van der Waals surface area contributed by atoms with Crippen LogP contribution in [0.5, 0.6) is 5.75 Å². The summed E-state index contributed by atoms with van der Waals surface area (Å²) in [7, 11) is 0. The lowest BCUT2D eigenvalue weighted by molar-refractivity contribution is -0.00217. The summed E-state index contributed by atoms with van der Waals surface area (Å²) in [5, 5.41) is 0. The monoisotopic (exact) mass is 538 g/mol. The van der Waals surface area contributed by atoms with Crippen LogP contribution in [0.25, 0.3) is 22.3 Å². The fourth-order valence-corrected chi connectivity index (χ4v) is 5.31. The third kappa shape index (κ3) is 7.66. The SMILES string of the molecule is CCCCCCCC1CCC(c2ccc(-c3ccc(-c4ccc(OCCCC)c(F)c4F)cc3)c(F)c2)CO1. The van der Waals surface area contributed by atoms with Crippen molar-refractivity contribution in [3.8, 4) is 28.0 Å². The lowest BCUT2D eigenvalue weighted by Gasteiger charge is -2.29. The molecular formula is C34H41F3O2. The Morgan fingerprint density at radius 1 is 0.744 bits per heavy atom. The molecule has 0 N–H and O–H groups in total. The Labute approximate surface area is 231 Å². The fraction of sp³-hybridized carbons (Fsp3) is 0.471. The second-order valence-corrected chi connectivity index (χ2v) is 10.7.